The largest absolute Gasteiger partial charge is 0.479 e. The fourth-order valence-electron chi connectivity index (χ4n) is 4.39. The van der Waals surface area contributed by atoms with E-state index in [2.05, 4.69) is 30.1 Å². The number of hydrogen-bond acceptors (Lipinski definition) is 13. The zero-order valence-corrected chi connectivity index (χ0v) is 26.0. The third kappa shape index (κ3) is 7.21. The van der Waals surface area contributed by atoms with E-state index in [-0.39, 0.29) is 40.8 Å². The highest BCUT2D eigenvalue weighted by Gasteiger charge is 2.55. The van der Waals surface area contributed by atoms with Crippen LogP contribution in [0.25, 0.3) is 21.6 Å². The summed E-state index contributed by atoms with van der Waals surface area (Å²) in [6.07, 6.45) is -2.49. The molecular weight excluding hydrogens is 597 g/mol. The van der Waals surface area contributed by atoms with Crippen molar-refractivity contribution in [1.29, 1.82) is 0 Å². The molecule has 1 unspecified atom stereocenters. The molecule has 0 saturated carbocycles. The lowest BCUT2D eigenvalue weighted by Gasteiger charge is -2.28. The van der Waals surface area contributed by atoms with Crippen molar-refractivity contribution in [3.05, 3.63) is 47.1 Å². The highest BCUT2D eigenvalue weighted by molar-refractivity contribution is 7.52. The number of esters is 1. The van der Waals surface area contributed by atoms with E-state index in [1.807, 2.05) is 20.8 Å². The first kappa shape index (κ1) is 32.9. The number of rotatable bonds is 12. The second-order valence-corrected chi connectivity index (χ2v) is 13.2. The number of fused-ring (bicyclic) bond motifs is 1. The molecule has 4 rings (SSSR count). The fourth-order valence-corrected chi connectivity index (χ4v) is 5.89. The van der Waals surface area contributed by atoms with E-state index in [0.29, 0.717) is 0 Å². The Morgan fingerprint density at radius 2 is 2.05 bits per heavy atom. The number of nitrogens with one attached hydrogen (secondary N) is 1. The molecule has 44 heavy (non-hydrogen) atoms. The van der Waals surface area contributed by atoms with Gasteiger partial charge < -0.3 is 29.6 Å². The van der Waals surface area contributed by atoms with Crippen molar-refractivity contribution in [2.45, 2.75) is 64.6 Å². The molecule has 0 spiro atoms. The molecule has 1 fully saturated rings. The van der Waals surface area contributed by atoms with Gasteiger partial charge in [-0.05, 0) is 36.9 Å². The van der Waals surface area contributed by atoms with Gasteiger partial charge in [-0.25, -0.2) is 9.55 Å². The van der Waals surface area contributed by atoms with Crippen LogP contribution >= 0.6 is 7.75 Å². The molecule has 0 bridgehead atoms. The number of benzene rings is 1. The van der Waals surface area contributed by atoms with Crippen LogP contribution in [0.2, 0.25) is 0 Å². The topological polar surface area (TPSA) is 231 Å². The van der Waals surface area contributed by atoms with Crippen LogP contribution < -0.4 is 20.1 Å². The van der Waals surface area contributed by atoms with Crippen molar-refractivity contribution in [2.24, 2.45) is 10.5 Å². The number of hydrogen-bond donors (Lipinski definition) is 3. The van der Waals surface area contributed by atoms with Crippen LogP contribution in [-0.4, -0.2) is 74.7 Å². The van der Waals surface area contributed by atoms with Crippen LogP contribution in [0.1, 0.15) is 40.8 Å². The van der Waals surface area contributed by atoms with Crippen LogP contribution in [0.15, 0.2) is 41.8 Å². The summed E-state index contributed by atoms with van der Waals surface area (Å²) < 4.78 is 43.6. The van der Waals surface area contributed by atoms with Crippen molar-refractivity contribution < 1.29 is 37.7 Å². The lowest BCUT2D eigenvalue weighted by Crippen LogP contribution is -2.43. The summed E-state index contributed by atoms with van der Waals surface area (Å²) in [6, 6.07) is 7.10. The molecule has 2 aromatic heterocycles. The number of carbonyl (C=O) groups is 1. The van der Waals surface area contributed by atoms with E-state index in [1.54, 1.807) is 30.3 Å². The Morgan fingerprint density at radius 3 is 2.68 bits per heavy atom. The Hall–Kier alpha value is -3.98. The number of nitrogens with zero attached hydrogens (tertiary/aromatic N) is 7. The molecular formula is C26H36N9O8P. The number of imidazole rings is 1. The monoisotopic (exact) mass is 633 g/mol. The van der Waals surface area contributed by atoms with Crippen LogP contribution in [0, 0.1) is 5.41 Å². The first-order chi connectivity index (χ1) is 20.7. The first-order valence-electron chi connectivity index (χ1n) is 13.6. The maximum absolute atomic E-state index is 14.0. The van der Waals surface area contributed by atoms with E-state index in [1.165, 1.54) is 31.9 Å². The smallest absolute Gasteiger partial charge is 0.459 e. The molecule has 1 aliphatic heterocycles. The SMILES string of the molecule is COc1nc(N)nc2c1ncn2[C@@H]1O[C@H](COP(=O)(N[C@@H](C)C(=O)OCC(C)(C)C)Oc2ccccc2)[C@@H](O)[C@@]1(C)N=[N+]=[N-]. The summed E-state index contributed by atoms with van der Waals surface area (Å²) in [6.45, 7) is 8.26. The van der Waals surface area contributed by atoms with Gasteiger partial charge in [0.2, 0.25) is 11.8 Å². The number of aromatic nitrogens is 4. The van der Waals surface area contributed by atoms with Gasteiger partial charge >= 0.3 is 13.7 Å². The average molecular weight is 634 g/mol. The molecule has 0 amide bonds. The molecule has 1 aliphatic rings. The maximum atomic E-state index is 14.0. The van der Waals surface area contributed by atoms with Gasteiger partial charge in [0.05, 0.1) is 32.8 Å². The normalized spacial score (nSPS) is 23.8. The highest BCUT2D eigenvalue weighted by atomic mass is 31.2. The number of para-hydroxylation sites is 1. The number of nitrogen functional groups attached to an aromatic ring is 1. The summed E-state index contributed by atoms with van der Waals surface area (Å²) in [7, 11) is -2.91. The lowest BCUT2D eigenvalue weighted by atomic mass is 9.93. The minimum absolute atomic E-state index is 0.107. The van der Waals surface area contributed by atoms with Crippen molar-refractivity contribution in [1.82, 2.24) is 24.6 Å². The Balaban J connectivity index is 1.60. The molecule has 6 atom stereocenters. The van der Waals surface area contributed by atoms with Gasteiger partial charge in [0.1, 0.15) is 23.4 Å². The fraction of sp³-hybridized carbons (Fsp3) is 0.538. The lowest BCUT2D eigenvalue weighted by molar-refractivity contribution is -0.148. The van der Waals surface area contributed by atoms with Gasteiger partial charge in [0.25, 0.3) is 0 Å². The Morgan fingerprint density at radius 1 is 1.34 bits per heavy atom. The van der Waals surface area contributed by atoms with Crippen molar-refractivity contribution in [2.75, 3.05) is 26.1 Å². The second-order valence-electron chi connectivity index (χ2n) is 11.5. The third-order valence-corrected chi connectivity index (χ3v) is 8.24. The Kier molecular flexibility index (Phi) is 9.68. The molecule has 3 aromatic rings. The molecule has 3 heterocycles. The number of nitrogens with two attached hydrogens (primary N) is 1. The minimum Gasteiger partial charge on any atom is -0.479 e. The molecule has 17 nitrogen and oxygen atoms in total. The summed E-state index contributed by atoms with van der Waals surface area (Å²) in [4.78, 5) is 28.1. The summed E-state index contributed by atoms with van der Waals surface area (Å²) in [5.41, 5.74) is 13.8. The summed E-state index contributed by atoms with van der Waals surface area (Å²) in [5.74, 6) is -0.479. The number of carbonyl (C=O) groups excluding carboxylic acids is 1. The van der Waals surface area contributed by atoms with Gasteiger partial charge in [-0.2, -0.15) is 15.1 Å². The predicted octanol–water partition coefficient (Wildman–Crippen LogP) is 3.52. The van der Waals surface area contributed by atoms with Gasteiger partial charge in [-0.3, -0.25) is 13.9 Å². The van der Waals surface area contributed by atoms with Gasteiger partial charge in [-0.15, -0.1) is 0 Å². The van der Waals surface area contributed by atoms with Gasteiger partial charge in [-0.1, -0.05) is 44.1 Å². The number of aliphatic hydroxyl groups excluding tert-OH is 1. The zero-order chi connectivity index (χ0) is 32.3. The quantitative estimate of drug-likeness (QED) is 0.0853. The number of azide groups is 1. The molecule has 4 N–H and O–H groups in total. The molecule has 0 radical (unpaired) electrons. The van der Waals surface area contributed by atoms with Crippen LogP contribution in [-0.2, 0) is 23.4 Å². The van der Waals surface area contributed by atoms with Crippen LogP contribution in [0.4, 0.5) is 5.95 Å². The van der Waals surface area contributed by atoms with Crippen molar-refractivity contribution in [3.8, 4) is 11.6 Å². The zero-order valence-electron chi connectivity index (χ0n) is 25.1. The van der Waals surface area contributed by atoms with E-state index in [0.717, 1.165) is 0 Å². The van der Waals surface area contributed by atoms with E-state index in [4.69, 9.17) is 29.0 Å². The maximum Gasteiger partial charge on any atom is 0.459 e. The van der Waals surface area contributed by atoms with Crippen LogP contribution in [0.3, 0.4) is 0 Å². The Bertz CT molecular complexity index is 1580. The van der Waals surface area contributed by atoms with E-state index >= 15 is 0 Å². The number of ether oxygens (including phenoxy) is 3. The predicted molar refractivity (Wildman–Crippen MR) is 157 cm³/mol. The van der Waals surface area contributed by atoms with Crippen molar-refractivity contribution >= 4 is 30.8 Å². The molecule has 18 heteroatoms. The van der Waals surface area contributed by atoms with Gasteiger partial charge in [0.15, 0.2) is 17.4 Å². The third-order valence-electron chi connectivity index (χ3n) is 6.60. The molecule has 1 aromatic carbocycles. The second kappa shape index (κ2) is 12.9. The molecule has 1 saturated heterocycles. The number of aliphatic hydroxyl groups is 1. The highest BCUT2D eigenvalue weighted by Crippen LogP contribution is 2.48. The van der Waals surface area contributed by atoms with E-state index in [9.17, 15) is 20.0 Å². The van der Waals surface area contributed by atoms with Crippen LogP contribution in [0.5, 0.6) is 11.6 Å². The molecule has 0 aliphatic carbocycles. The molecule has 238 valence electrons. The summed E-state index contributed by atoms with van der Waals surface area (Å²) in [5, 5.41) is 17.8. The van der Waals surface area contributed by atoms with E-state index < -0.39 is 50.3 Å². The number of anilines is 1. The number of methoxy groups -OCH3 is 1. The van der Waals surface area contributed by atoms with Gasteiger partial charge in [0, 0.05) is 4.91 Å². The summed E-state index contributed by atoms with van der Waals surface area (Å²) >= 11 is 0. The Labute approximate surface area is 253 Å². The minimum atomic E-state index is -4.31. The average Bonchev–Trinajstić information content (AvgIpc) is 3.48. The van der Waals surface area contributed by atoms with Crippen molar-refractivity contribution in [3.63, 3.8) is 0 Å². The first-order valence-corrected chi connectivity index (χ1v) is 15.1. The standard InChI is InChI=1S/C26H36N9O8P/c1-15(22(37)40-13-25(2,3)4)32-44(38,43-16-10-8-7-9-11-16)41-12-17-19(36)26(5,33-34-28)23(42-17)35-14-29-18-20(35)30-24(27)31-21(18)39-6/h7-11,14-15,17,19,23,36H,12-13H2,1-6H3,(H,32,38)(H2,27,30,31)/t15-,17+,19+,23+,26+,44?/m0/s1.